The van der Waals surface area contributed by atoms with Crippen LogP contribution < -0.4 is 4.74 Å². The summed E-state index contributed by atoms with van der Waals surface area (Å²) in [5.41, 5.74) is 3.07. The van der Waals surface area contributed by atoms with E-state index in [1.54, 1.807) is 24.0 Å². The molecule has 1 saturated heterocycles. The minimum atomic E-state index is -0.235. The van der Waals surface area contributed by atoms with E-state index in [1.165, 1.54) is 0 Å². The summed E-state index contributed by atoms with van der Waals surface area (Å²) in [5, 5.41) is 0. The predicted octanol–water partition coefficient (Wildman–Crippen LogP) is 4.69. The van der Waals surface area contributed by atoms with Gasteiger partial charge < -0.3 is 18.8 Å². The summed E-state index contributed by atoms with van der Waals surface area (Å²) in [7, 11) is 0. The standard InChI is InChI=1S/C26H27NO5/c1-17-13-21(9-10-23(17)18(2)28)31-16-22-15-27(11-12-30-22)26(29)24-14-25(32-19(24)3)20-7-5-4-6-8-20/h4-10,13-14,22H,11-12,15-16H2,1-3H3. The molecule has 6 nitrogen and oxygen atoms in total. The Labute approximate surface area is 187 Å². The highest BCUT2D eigenvalue weighted by Gasteiger charge is 2.28. The summed E-state index contributed by atoms with van der Waals surface area (Å²) in [5.74, 6) is 1.93. The van der Waals surface area contributed by atoms with Crippen molar-refractivity contribution < 1.29 is 23.5 Å². The molecule has 166 valence electrons. The van der Waals surface area contributed by atoms with Crippen LogP contribution in [0.5, 0.6) is 5.75 Å². The Morgan fingerprint density at radius 2 is 1.84 bits per heavy atom. The summed E-state index contributed by atoms with van der Waals surface area (Å²) in [6, 6.07) is 17.0. The number of morpholine rings is 1. The average Bonchev–Trinajstić information content (AvgIpc) is 3.19. The number of ketones is 1. The lowest BCUT2D eigenvalue weighted by atomic mass is 10.1. The lowest BCUT2D eigenvalue weighted by molar-refractivity contribution is -0.0401. The largest absolute Gasteiger partial charge is 0.491 e. The number of aryl methyl sites for hydroxylation is 2. The van der Waals surface area contributed by atoms with Gasteiger partial charge in [-0.15, -0.1) is 0 Å². The van der Waals surface area contributed by atoms with E-state index >= 15 is 0 Å². The maximum atomic E-state index is 13.2. The minimum absolute atomic E-state index is 0.0313. The Hall–Kier alpha value is -3.38. The Bertz CT molecular complexity index is 1120. The maximum absolute atomic E-state index is 13.2. The van der Waals surface area contributed by atoms with Crippen molar-refractivity contribution in [3.63, 3.8) is 0 Å². The normalized spacial score (nSPS) is 16.1. The Balaban J connectivity index is 1.40. The zero-order valence-corrected chi connectivity index (χ0v) is 18.6. The first-order chi connectivity index (χ1) is 15.4. The fraction of sp³-hybridized carbons (Fsp3) is 0.308. The van der Waals surface area contributed by atoms with Crippen LogP contribution >= 0.6 is 0 Å². The van der Waals surface area contributed by atoms with Gasteiger partial charge in [-0.25, -0.2) is 0 Å². The summed E-state index contributed by atoms with van der Waals surface area (Å²) in [4.78, 5) is 26.6. The van der Waals surface area contributed by atoms with Gasteiger partial charge in [0.05, 0.1) is 18.7 Å². The number of benzene rings is 2. The number of ether oxygens (including phenoxy) is 2. The maximum Gasteiger partial charge on any atom is 0.257 e. The summed E-state index contributed by atoms with van der Waals surface area (Å²) < 4.78 is 17.6. The van der Waals surface area contributed by atoms with Crippen molar-refractivity contribution in [2.45, 2.75) is 26.9 Å². The lowest BCUT2D eigenvalue weighted by Gasteiger charge is -2.32. The molecule has 1 aliphatic rings. The molecule has 0 bridgehead atoms. The van der Waals surface area contributed by atoms with E-state index in [0.717, 1.165) is 11.1 Å². The van der Waals surface area contributed by atoms with E-state index in [0.29, 0.717) is 54.7 Å². The predicted molar refractivity (Wildman–Crippen MR) is 121 cm³/mol. The van der Waals surface area contributed by atoms with Gasteiger partial charge in [0.2, 0.25) is 0 Å². The van der Waals surface area contributed by atoms with E-state index in [4.69, 9.17) is 13.9 Å². The van der Waals surface area contributed by atoms with Crippen molar-refractivity contribution in [2.75, 3.05) is 26.3 Å². The Morgan fingerprint density at radius 1 is 1.06 bits per heavy atom. The van der Waals surface area contributed by atoms with Gasteiger partial charge in [-0.1, -0.05) is 30.3 Å². The molecule has 1 aliphatic heterocycles. The molecule has 4 rings (SSSR count). The van der Waals surface area contributed by atoms with Gasteiger partial charge in [-0.2, -0.15) is 0 Å². The first-order valence-electron chi connectivity index (χ1n) is 10.7. The molecule has 1 unspecified atom stereocenters. The van der Waals surface area contributed by atoms with Crippen LogP contribution in [0.25, 0.3) is 11.3 Å². The number of furan rings is 1. The molecule has 0 radical (unpaired) electrons. The molecule has 1 fully saturated rings. The van der Waals surface area contributed by atoms with Crippen molar-refractivity contribution in [1.82, 2.24) is 4.90 Å². The molecule has 32 heavy (non-hydrogen) atoms. The monoisotopic (exact) mass is 433 g/mol. The number of carbonyl (C=O) groups is 2. The van der Waals surface area contributed by atoms with E-state index in [1.807, 2.05) is 56.3 Å². The molecule has 0 aliphatic carbocycles. The van der Waals surface area contributed by atoms with Gasteiger partial charge in [-0.3, -0.25) is 9.59 Å². The molecule has 0 N–H and O–H groups in total. The quantitative estimate of drug-likeness (QED) is 0.528. The number of nitrogens with zero attached hydrogens (tertiary/aromatic N) is 1. The van der Waals surface area contributed by atoms with Crippen molar-refractivity contribution in [3.05, 3.63) is 77.0 Å². The van der Waals surface area contributed by atoms with E-state index in [2.05, 4.69) is 0 Å². The molecule has 6 heteroatoms. The van der Waals surface area contributed by atoms with Crippen molar-refractivity contribution in [2.24, 2.45) is 0 Å². The van der Waals surface area contributed by atoms with Gasteiger partial charge in [0, 0.05) is 17.7 Å². The van der Waals surface area contributed by atoms with Crippen LogP contribution in [0.15, 0.2) is 59.0 Å². The third kappa shape index (κ3) is 4.75. The third-order valence-electron chi connectivity index (χ3n) is 5.65. The van der Waals surface area contributed by atoms with Gasteiger partial charge in [0.15, 0.2) is 5.78 Å². The van der Waals surface area contributed by atoms with Crippen LogP contribution in [0.2, 0.25) is 0 Å². The second kappa shape index (κ2) is 9.40. The van der Waals surface area contributed by atoms with Crippen LogP contribution in [0, 0.1) is 13.8 Å². The summed E-state index contributed by atoms with van der Waals surface area (Å²) >= 11 is 0. The Kier molecular flexibility index (Phi) is 6.42. The van der Waals surface area contributed by atoms with Crippen molar-refractivity contribution in [1.29, 1.82) is 0 Å². The van der Waals surface area contributed by atoms with Gasteiger partial charge >= 0.3 is 0 Å². The van der Waals surface area contributed by atoms with Crippen molar-refractivity contribution >= 4 is 11.7 Å². The van der Waals surface area contributed by atoms with Crippen molar-refractivity contribution in [3.8, 4) is 17.1 Å². The first-order valence-corrected chi connectivity index (χ1v) is 10.7. The molecule has 3 aromatic rings. The zero-order valence-electron chi connectivity index (χ0n) is 18.6. The van der Waals surface area contributed by atoms with Gasteiger partial charge in [-0.05, 0) is 50.6 Å². The van der Waals surface area contributed by atoms with Crippen LogP contribution in [-0.4, -0.2) is 49.0 Å². The molecule has 0 saturated carbocycles. The number of carbonyl (C=O) groups excluding carboxylic acids is 2. The SMILES string of the molecule is CC(=O)c1ccc(OCC2CN(C(=O)c3cc(-c4ccccc4)oc3C)CCO2)cc1C. The van der Waals surface area contributed by atoms with E-state index < -0.39 is 0 Å². The second-order valence-corrected chi connectivity index (χ2v) is 8.03. The highest BCUT2D eigenvalue weighted by Crippen LogP contribution is 2.27. The smallest absolute Gasteiger partial charge is 0.257 e. The molecule has 0 spiro atoms. The highest BCUT2D eigenvalue weighted by atomic mass is 16.5. The topological polar surface area (TPSA) is 69.0 Å². The van der Waals surface area contributed by atoms with Crippen LogP contribution in [0.3, 0.4) is 0 Å². The van der Waals surface area contributed by atoms with Gasteiger partial charge in [0.1, 0.15) is 30.0 Å². The first kappa shape index (κ1) is 21.8. The molecule has 2 aromatic carbocycles. The van der Waals surface area contributed by atoms with Crippen LogP contribution in [0.1, 0.15) is 39.0 Å². The molecule has 1 amide bonds. The summed E-state index contributed by atoms with van der Waals surface area (Å²) in [6.07, 6.45) is -0.235. The average molecular weight is 434 g/mol. The summed E-state index contributed by atoms with van der Waals surface area (Å²) in [6.45, 7) is 6.98. The van der Waals surface area contributed by atoms with E-state index in [9.17, 15) is 9.59 Å². The Morgan fingerprint density at radius 3 is 2.56 bits per heavy atom. The second-order valence-electron chi connectivity index (χ2n) is 8.03. The highest BCUT2D eigenvalue weighted by molar-refractivity contribution is 5.96. The number of rotatable bonds is 6. The molecular weight excluding hydrogens is 406 g/mol. The molecule has 1 aromatic heterocycles. The number of hydrogen-bond donors (Lipinski definition) is 0. The fourth-order valence-corrected chi connectivity index (χ4v) is 3.92. The molecule has 2 heterocycles. The third-order valence-corrected chi connectivity index (χ3v) is 5.65. The minimum Gasteiger partial charge on any atom is -0.491 e. The van der Waals surface area contributed by atoms with Gasteiger partial charge in [0.25, 0.3) is 5.91 Å². The lowest BCUT2D eigenvalue weighted by Crippen LogP contribution is -2.47. The van der Waals surface area contributed by atoms with E-state index in [-0.39, 0.29) is 17.8 Å². The number of hydrogen-bond acceptors (Lipinski definition) is 5. The molecular formula is C26H27NO5. The molecule has 1 atom stereocenters. The van der Waals surface area contributed by atoms with Crippen LogP contribution in [0.4, 0.5) is 0 Å². The number of Topliss-reactive ketones (excluding diaryl/α,β-unsaturated/α-hetero) is 1. The number of amides is 1. The zero-order chi connectivity index (χ0) is 22.7. The van der Waals surface area contributed by atoms with Crippen LogP contribution in [-0.2, 0) is 4.74 Å². The fourth-order valence-electron chi connectivity index (χ4n) is 3.92.